The van der Waals surface area contributed by atoms with Gasteiger partial charge in [-0.25, -0.2) is 0 Å². The van der Waals surface area contributed by atoms with Crippen LogP contribution in [0.25, 0.3) is 0 Å². The summed E-state index contributed by atoms with van der Waals surface area (Å²) in [4.78, 5) is 0. The Bertz CT molecular complexity index is 370. The van der Waals surface area contributed by atoms with E-state index in [1.165, 1.54) is 12.8 Å². The summed E-state index contributed by atoms with van der Waals surface area (Å²) in [6, 6.07) is 0. The molecule has 2 unspecified atom stereocenters. The van der Waals surface area contributed by atoms with Gasteiger partial charge < -0.3 is 18.9 Å². The molecule has 1 aliphatic carbocycles. The second-order valence-corrected chi connectivity index (χ2v) is 6.33. The van der Waals surface area contributed by atoms with Crippen LogP contribution in [0, 0.1) is 5.92 Å². The molecule has 3 rings (SSSR count). The molecule has 3 aliphatic rings. The van der Waals surface area contributed by atoms with Gasteiger partial charge in [0.05, 0.1) is 19.3 Å². The van der Waals surface area contributed by atoms with E-state index in [2.05, 4.69) is 19.1 Å². The van der Waals surface area contributed by atoms with Crippen LogP contribution in [0.2, 0.25) is 0 Å². The van der Waals surface area contributed by atoms with Crippen molar-refractivity contribution in [3.05, 3.63) is 12.2 Å². The highest BCUT2D eigenvalue weighted by atomic mass is 16.8. The summed E-state index contributed by atoms with van der Waals surface area (Å²) >= 11 is 0. The van der Waals surface area contributed by atoms with Crippen LogP contribution >= 0.6 is 0 Å². The van der Waals surface area contributed by atoms with E-state index >= 15 is 0 Å². The van der Waals surface area contributed by atoms with Gasteiger partial charge in [0.25, 0.3) is 0 Å². The van der Waals surface area contributed by atoms with Gasteiger partial charge in [-0.15, -0.1) is 0 Å². The van der Waals surface area contributed by atoms with Gasteiger partial charge in [-0.1, -0.05) is 19.1 Å². The van der Waals surface area contributed by atoms with Crippen molar-refractivity contribution in [3.63, 3.8) is 0 Å². The number of hydrogen-bond acceptors (Lipinski definition) is 4. The molecule has 0 radical (unpaired) electrons. The molecule has 0 aromatic carbocycles. The monoisotopic (exact) mass is 296 g/mol. The maximum atomic E-state index is 6.20. The highest BCUT2D eigenvalue weighted by molar-refractivity contribution is 4.97. The number of allylic oxidation sites excluding steroid dienone is 2. The van der Waals surface area contributed by atoms with Gasteiger partial charge in [0.2, 0.25) is 0 Å². The molecule has 4 heteroatoms. The molecule has 2 heterocycles. The highest BCUT2D eigenvalue weighted by Crippen LogP contribution is 2.41. The molecule has 120 valence electrons. The molecule has 2 bridgehead atoms. The number of fused-ring (bicyclic) bond motifs is 2. The summed E-state index contributed by atoms with van der Waals surface area (Å²) in [6.07, 6.45) is 9.98. The Hall–Kier alpha value is -0.420. The van der Waals surface area contributed by atoms with E-state index in [1.54, 1.807) is 0 Å². The van der Waals surface area contributed by atoms with Crippen molar-refractivity contribution in [2.75, 3.05) is 19.8 Å². The molecule has 0 aromatic heterocycles. The fourth-order valence-corrected chi connectivity index (χ4v) is 3.69. The lowest BCUT2D eigenvalue weighted by Gasteiger charge is -2.41. The second kappa shape index (κ2) is 6.78. The van der Waals surface area contributed by atoms with Crippen LogP contribution in [0.3, 0.4) is 0 Å². The summed E-state index contributed by atoms with van der Waals surface area (Å²) in [5.74, 6) is 0.120. The lowest BCUT2D eigenvalue weighted by atomic mass is 9.94. The zero-order valence-corrected chi connectivity index (χ0v) is 13.3. The van der Waals surface area contributed by atoms with Gasteiger partial charge in [0.15, 0.2) is 5.79 Å². The van der Waals surface area contributed by atoms with E-state index < -0.39 is 5.79 Å². The summed E-state index contributed by atoms with van der Waals surface area (Å²) in [7, 11) is 0. The normalized spacial score (nSPS) is 42.4. The number of rotatable bonds is 6. The van der Waals surface area contributed by atoms with Crippen molar-refractivity contribution >= 4 is 0 Å². The van der Waals surface area contributed by atoms with Crippen LogP contribution in [0.5, 0.6) is 0 Å². The minimum absolute atomic E-state index is 0.0116. The van der Waals surface area contributed by atoms with Gasteiger partial charge in [-0.2, -0.15) is 0 Å². The van der Waals surface area contributed by atoms with Gasteiger partial charge >= 0.3 is 0 Å². The van der Waals surface area contributed by atoms with E-state index in [-0.39, 0.29) is 18.3 Å². The Morgan fingerprint density at radius 1 is 1.24 bits per heavy atom. The molecule has 0 amide bonds. The van der Waals surface area contributed by atoms with Crippen LogP contribution < -0.4 is 0 Å². The van der Waals surface area contributed by atoms with E-state index in [0.29, 0.717) is 19.1 Å². The standard InChI is InChI=1S/C17H28O4/c1-3-17-16(18-4-2)10-14(15(21-17)12-20-17)19-11-13-8-6-5-7-9-13/h5-6,13-16H,3-4,7-12H2,1-2H3/t13?,14-,15+,16+,17?/m0/s1. The van der Waals surface area contributed by atoms with Gasteiger partial charge in [0.1, 0.15) is 12.2 Å². The molecular weight excluding hydrogens is 268 g/mol. The fraction of sp³-hybridized carbons (Fsp3) is 0.882. The van der Waals surface area contributed by atoms with Gasteiger partial charge in [-0.3, -0.25) is 0 Å². The number of hydrogen-bond donors (Lipinski definition) is 0. The lowest BCUT2D eigenvalue weighted by Crippen LogP contribution is -2.53. The predicted octanol–water partition coefficient (Wildman–Crippen LogP) is 3.06. The summed E-state index contributed by atoms with van der Waals surface area (Å²) < 4.78 is 24.2. The summed E-state index contributed by atoms with van der Waals surface area (Å²) in [5, 5.41) is 0. The first-order valence-corrected chi connectivity index (χ1v) is 8.47. The first-order valence-electron chi connectivity index (χ1n) is 8.47. The Kier molecular flexibility index (Phi) is 4.99. The molecule has 4 nitrogen and oxygen atoms in total. The van der Waals surface area contributed by atoms with Crippen molar-refractivity contribution in [3.8, 4) is 0 Å². The van der Waals surface area contributed by atoms with E-state index in [4.69, 9.17) is 18.9 Å². The van der Waals surface area contributed by atoms with Crippen molar-refractivity contribution in [1.29, 1.82) is 0 Å². The fourth-order valence-electron chi connectivity index (χ4n) is 3.69. The Labute approximate surface area is 127 Å². The second-order valence-electron chi connectivity index (χ2n) is 6.33. The third kappa shape index (κ3) is 3.19. The largest absolute Gasteiger partial charge is 0.375 e. The minimum Gasteiger partial charge on any atom is -0.375 e. The quantitative estimate of drug-likeness (QED) is 0.706. The maximum absolute atomic E-state index is 6.20. The van der Waals surface area contributed by atoms with Crippen molar-refractivity contribution in [1.82, 2.24) is 0 Å². The van der Waals surface area contributed by atoms with Crippen molar-refractivity contribution < 1.29 is 18.9 Å². The lowest BCUT2D eigenvalue weighted by molar-refractivity contribution is -0.279. The van der Waals surface area contributed by atoms with E-state index in [1.807, 2.05) is 6.92 Å². The van der Waals surface area contributed by atoms with Crippen LogP contribution in [0.1, 0.15) is 46.0 Å². The van der Waals surface area contributed by atoms with Crippen LogP contribution in [-0.4, -0.2) is 43.9 Å². The van der Waals surface area contributed by atoms with Gasteiger partial charge in [-0.05, 0) is 32.1 Å². The molecule has 21 heavy (non-hydrogen) atoms. The molecule has 0 saturated carbocycles. The van der Waals surface area contributed by atoms with Gasteiger partial charge in [0, 0.05) is 19.4 Å². The molecule has 2 saturated heterocycles. The molecule has 0 aromatic rings. The smallest absolute Gasteiger partial charge is 0.195 e. The summed E-state index contributed by atoms with van der Waals surface area (Å²) in [6.45, 7) is 6.27. The molecule has 0 spiro atoms. The molecule has 0 N–H and O–H groups in total. The zero-order chi connectivity index (χ0) is 14.7. The number of ether oxygens (including phenoxy) is 4. The Morgan fingerprint density at radius 2 is 2.14 bits per heavy atom. The predicted molar refractivity (Wildman–Crippen MR) is 80.1 cm³/mol. The minimum atomic E-state index is -0.534. The molecule has 5 atom stereocenters. The Morgan fingerprint density at radius 3 is 2.86 bits per heavy atom. The topological polar surface area (TPSA) is 36.9 Å². The maximum Gasteiger partial charge on any atom is 0.195 e. The van der Waals surface area contributed by atoms with Crippen molar-refractivity contribution in [2.24, 2.45) is 5.92 Å². The third-order valence-electron chi connectivity index (χ3n) is 4.98. The molecule has 2 fully saturated rings. The first-order chi connectivity index (χ1) is 10.3. The summed E-state index contributed by atoms with van der Waals surface area (Å²) in [5.41, 5.74) is 0. The average Bonchev–Trinajstić information content (AvgIpc) is 2.91. The van der Waals surface area contributed by atoms with Crippen LogP contribution in [-0.2, 0) is 18.9 Å². The van der Waals surface area contributed by atoms with E-state index in [9.17, 15) is 0 Å². The van der Waals surface area contributed by atoms with Crippen molar-refractivity contribution in [2.45, 2.75) is 70.1 Å². The Balaban J connectivity index is 1.57. The average molecular weight is 296 g/mol. The SMILES string of the molecule is CCO[C@@H]1C[C@H](OCC2CC=CCC2)[C@H]2COC1(CC)O2. The highest BCUT2D eigenvalue weighted by Gasteiger charge is 2.55. The molecular formula is C17H28O4. The van der Waals surface area contributed by atoms with Crippen LogP contribution in [0.4, 0.5) is 0 Å². The molecule has 2 aliphatic heterocycles. The van der Waals surface area contributed by atoms with Crippen LogP contribution in [0.15, 0.2) is 12.2 Å². The first kappa shape index (κ1) is 15.5. The zero-order valence-electron chi connectivity index (χ0n) is 13.3. The third-order valence-corrected chi connectivity index (χ3v) is 4.98. The van der Waals surface area contributed by atoms with E-state index in [0.717, 1.165) is 25.9 Å².